The lowest BCUT2D eigenvalue weighted by atomic mass is 9.78. The smallest absolute Gasteiger partial charge is 0.271 e. The Morgan fingerprint density at radius 3 is 2.68 bits per heavy atom. The van der Waals surface area contributed by atoms with E-state index in [1.807, 2.05) is 0 Å². The summed E-state index contributed by atoms with van der Waals surface area (Å²) < 4.78 is 5.35. The highest BCUT2D eigenvalue weighted by molar-refractivity contribution is 6.02. The Kier molecular flexibility index (Phi) is 5.76. The van der Waals surface area contributed by atoms with E-state index in [-0.39, 0.29) is 48.7 Å². The maximum absolute atomic E-state index is 12.8. The van der Waals surface area contributed by atoms with E-state index < -0.39 is 4.92 Å². The highest BCUT2D eigenvalue weighted by Crippen LogP contribution is 2.38. The number of rotatable bonds is 3. The molecule has 1 aromatic carbocycles. The van der Waals surface area contributed by atoms with Gasteiger partial charge in [-0.2, -0.15) is 0 Å². The molecule has 2 amide bonds. The largest absolute Gasteiger partial charge is 0.482 e. The van der Waals surface area contributed by atoms with Crippen LogP contribution in [0.5, 0.6) is 5.75 Å². The van der Waals surface area contributed by atoms with Gasteiger partial charge in [0.1, 0.15) is 12.3 Å². The number of nitro benzene ring substituents is 1. The molecule has 0 aliphatic carbocycles. The minimum atomic E-state index is -0.529. The molecular weight excluding hydrogens is 388 g/mol. The predicted octanol–water partition coefficient (Wildman–Crippen LogP) is 1.34. The molecule has 0 bridgehead atoms. The van der Waals surface area contributed by atoms with Gasteiger partial charge in [0.2, 0.25) is 5.91 Å². The molecule has 3 aliphatic rings. The Balaban J connectivity index is 0.00000225. The van der Waals surface area contributed by atoms with E-state index in [0.29, 0.717) is 24.3 Å². The average Bonchev–Trinajstić information content (AvgIpc) is 3.12. The van der Waals surface area contributed by atoms with Crippen LogP contribution < -0.4 is 15.0 Å². The van der Waals surface area contributed by atoms with Gasteiger partial charge in [-0.3, -0.25) is 24.6 Å². The highest BCUT2D eigenvalue weighted by atomic mass is 35.5. The van der Waals surface area contributed by atoms with Crippen molar-refractivity contribution < 1.29 is 19.2 Å². The van der Waals surface area contributed by atoms with Gasteiger partial charge < -0.3 is 15.0 Å². The minimum absolute atomic E-state index is 0. The number of non-ortho nitro benzene ring substituents is 1. The van der Waals surface area contributed by atoms with Crippen molar-refractivity contribution in [2.24, 2.45) is 5.41 Å². The standard InChI is InChI=1S/C18H22N4O5.ClH/c23-16(20-7-4-18(5-8-20)3-6-19-12-18)10-21-14-9-13(22(25)26)1-2-15(14)27-11-17(21)24;/h1-2,9,19H,3-8,10-12H2;1H. The lowest BCUT2D eigenvalue weighted by Gasteiger charge is -2.39. The van der Waals surface area contributed by atoms with Crippen LogP contribution in [0.15, 0.2) is 18.2 Å². The topological polar surface area (TPSA) is 105 Å². The molecule has 2 saturated heterocycles. The molecule has 1 aromatic rings. The maximum atomic E-state index is 12.8. The van der Waals surface area contributed by atoms with Crippen LogP contribution in [-0.2, 0) is 9.59 Å². The number of carbonyl (C=O) groups is 2. The van der Waals surface area contributed by atoms with Crippen molar-refractivity contribution >= 4 is 35.6 Å². The number of anilines is 1. The monoisotopic (exact) mass is 410 g/mol. The molecule has 0 atom stereocenters. The number of nitrogens with one attached hydrogen (secondary N) is 1. The van der Waals surface area contributed by atoms with Crippen LogP contribution in [-0.4, -0.2) is 61.0 Å². The average molecular weight is 411 g/mol. The lowest BCUT2D eigenvalue weighted by molar-refractivity contribution is -0.384. The number of hydrogen-bond donors (Lipinski definition) is 1. The molecule has 0 unspecified atom stereocenters. The second-order valence-corrected chi connectivity index (χ2v) is 7.49. The number of halogens is 1. The zero-order valence-electron chi connectivity index (χ0n) is 15.4. The molecule has 2 fully saturated rings. The summed E-state index contributed by atoms with van der Waals surface area (Å²) in [6.07, 6.45) is 3.07. The number of amides is 2. The van der Waals surface area contributed by atoms with Gasteiger partial charge in [-0.05, 0) is 37.3 Å². The summed E-state index contributed by atoms with van der Waals surface area (Å²) in [5, 5.41) is 14.4. The van der Waals surface area contributed by atoms with Crippen LogP contribution >= 0.6 is 12.4 Å². The van der Waals surface area contributed by atoms with Crippen LogP contribution in [0.4, 0.5) is 11.4 Å². The molecule has 0 saturated carbocycles. The number of nitro groups is 1. The zero-order chi connectivity index (χ0) is 19.0. The molecule has 0 aromatic heterocycles. The van der Waals surface area contributed by atoms with Crippen LogP contribution in [0, 0.1) is 15.5 Å². The van der Waals surface area contributed by atoms with Crippen molar-refractivity contribution in [2.75, 3.05) is 44.2 Å². The molecule has 3 heterocycles. The fourth-order valence-corrected chi connectivity index (χ4v) is 4.17. The zero-order valence-corrected chi connectivity index (χ0v) is 16.2. The van der Waals surface area contributed by atoms with E-state index >= 15 is 0 Å². The normalized spacial score (nSPS) is 20.4. The third kappa shape index (κ3) is 3.77. The first-order valence-corrected chi connectivity index (χ1v) is 9.18. The summed E-state index contributed by atoms with van der Waals surface area (Å²) in [5.41, 5.74) is 0.444. The van der Waals surface area contributed by atoms with Gasteiger partial charge in [-0.25, -0.2) is 0 Å². The quantitative estimate of drug-likeness (QED) is 0.595. The Morgan fingerprint density at radius 1 is 1.29 bits per heavy atom. The lowest BCUT2D eigenvalue weighted by Crippen LogP contribution is -2.50. The summed E-state index contributed by atoms with van der Waals surface area (Å²) in [5.74, 6) is -0.129. The number of fused-ring (bicyclic) bond motifs is 1. The highest BCUT2D eigenvalue weighted by Gasteiger charge is 2.39. The van der Waals surface area contributed by atoms with Crippen molar-refractivity contribution in [1.29, 1.82) is 0 Å². The fourth-order valence-electron chi connectivity index (χ4n) is 4.17. The molecule has 0 radical (unpaired) electrons. The minimum Gasteiger partial charge on any atom is -0.482 e. The van der Waals surface area contributed by atoms with Crippen molar-refractivity contribution in [3.63, 3.8) is 0 Å². The molecule has 1 spiro atoms. The number of likely N-dealkylation sites (tertiary alicyclic amines) is 1. The maximum Gasteiger partial charge on any atom is 0.271 e. The van der Waals surface area contributed by atoms with E-state index in [1.165, 1.54) is 23.1 Å². The van der Waals surface area contributed by atoms with E-state index in [4.69, 9.17) is 4.74 Å². The van der Waals surface area contributed by atoms with E-state index in [0.717, 1.165) is 32.4 Å². The number of hydrogen-bond acceptors (Lipinski definition) is 6. The molecule has 10 heteroatoms. The van der Waals surface area contributed by atoms with Gasteiger partial charge in [0.15, 0.2) is 6.61 Å². The Bertz CT molecular complexity index is 786. The van der Waals surface area contributed by atoms with Crippen molar-refractivity contribution in [3.05, 3.63) is 28.3 Å². The first kappa shape index (κ1) is 20.3. The van der Waals surface area contributed by atoms with Crippen molar-refractivity contribution in [3.8, 4) is 5.75 Å². The Morgan fingerprint density at radius 2 is 2.04 bits per heavy atom. The van der Waals surface area contributed by atoms with Gasteiger partial charge >= 0.3 is 0 Å². The van der Waals surface area contributed by atoms with E-state index in [2.05, 4.69) is 5.32 Å². The van der Waals surface area contributed by atoms with E-state index in [9.17, 15) is 19.7 Å². The summed E-state index contributed by atoms with van der Waals surface area (Å²) in [6, 6.07) is 4.08. The number of nitrogens with zero attached hydrogens (tertiary/aromatic N) is 3. The van der Waals surface area contributed by atoms with Crippen LogP contribution in [0.25, 0.3) is 0 Å². The summed E-state index contributed by atoms with van der Waals surface area (Å²) in [6.45, 7) is 3.11. The predicted molar refractivity (Wildman–Crippen MR) is 104 cm³/mol. The number of benzene rings is 1. The molecule has 3 aliphatic heterocycles. The van der Waals surface area contributed by atoms with Gasteiger partial charge in [0.05, 0.1) is 10.6 Å². The SMILES string of the molecule is Cl.O=C(CN1C(=O)COc2ccc([N+](=O)[O-])cc21)N1CCC2(CCNC2)CC1. The van der Waals surface area contributed by atoms with Gasteiger partial charge in [0.25, 0.3) is 11.6 Å². The number of carbonyl (C=O) groups excluding carboxylic acids is 2. The first-order chi connectivity index (χ1) is 13.0. The second kappa shape index (κ2) is 7.92. The van der Waals surface area contributed by atoms with E-state index in [1.54, 1.807) is 4.90 Å². The number of piperidine rings is 1. The Labute approximate surface area is 168 Å². The van der Waals surface area contributed by atoms with Crippen LogP contribution in [0.1, 0.15) is 19.3 Å². The summed E-state index contributed by atoms with van der Waals surface area (Å²) in [4.78, 5) is 38.7. The van der Waals surface area contributed by atoms with Gasteiger partial charge in [-0.15, -0.1) is 12.4 Å². The first-order valence-electron chi connectivity index (χ1n) is 9.18. The summed E-state index contributed by atoms with van der Waals surface area (Å²) in [7, 11) is 0. The molecule has 152 valence electrons. The fraction of sp³-hybridized carbons (Fsp3) is 0.556. The molecular formula is C18H23ClN4O5. The second-order valence-electron chi connectivity index (χ2n) is 7.49. The summed E-state index contributed by atoms with van der Waals surface area (Å²) >= 11 is 0. The number of ether oxygens (including phenoxy) is 1. The third-order valence-corrected chi connectivity index (χ3v) is 5.90. The van der Waals surface area contributed by atoms with Crippen molar-refractivity contribution in [2.45, 2.75) is 19.3 Å². The Hall–Kier alpha value is -2.39. The van der Waals surface area contributed by atoms with Gasteiger partial charge in [0, 0.05) is 31.8 Å². The van der Waals surface area contributed by atoms with Crippen LogP contribution in [0.2, 0.25) is 0 Å². The molecule has 28 heavy (non-hydrogen) atoms. The van der Waals surface area contributed by atoms with Crippen LogP contribution in [0.3, 0.4) is 0 Å². The molecule has 4 rings (SSSR count). The molecule has 1 N–H and O–H groups in total. The van der Waals surface area contributed by atoms with Gasteiger partial charge in [-0.1, -0.05) is 0 Å². The third-order valence-electron chi connectivity index (χ3n) is 5.90. The molecule has 9 nitrogen and oxygen atoms in total. The van der Waals surface area contributed by atoms with Crippen molar-refractivity contribution in [1.82, 2.24) is 10.2 Å².